The van der Waals surface area contributed by atoms with Crippen LogP contribution in [-0.4, -0.2) is 15.8 Å². The molecule has 4 aromatic rings. The summed E-state index contributed by atoms with van der Waals surface area (Å²) in [6.07, 6.45) is 2.57. The highest BCUT2D eigenvalue weighted by Gasteiger charge is 2.20. The molecule has 4 rings (SSSR count). The van der Waals surface area contributed by atoms with Gasteiger partial charge in [-0.2, -0.15) is 0 Å². The highest BCUT2D eigenvalue weighted by molar-refractivity contribution is 6.42. The van der Waals surface area contributed by atoms with E-state index in [4.69, 9.17) is 23.2 Å². The number of hydrogen-bond donors (Lipinski definition) is 0. The van der Waals surface area contributed by atoms with Gasteiger partial charge in [-0.3, -0.25) is 14.1 Å². The quantitative estimate of drug-likeness (QED) is 0.398. The van der Waals surface area contributed by atoms with Gasteiger partial charge in [0.15, 0.2) is 0 Å². The molecular weight excluding hydrogens is 400 g/mol. The van der Waals surface area contributed by atoms with Crippen molar-refractivity contribution in [3.8, 4) is 11.3 Å². The van der Waals surface area contributed by atoms with E-state index in [1.807, 2.05) is 34.9 Å². The summed E-state index contributed by atoms with van der Waals surface area (Å²) in [5, 5.41) is 0.867. The molecule has 140 valence electrons. The fourth-order valence-corrected chi connectivity index (χ4v) is 3.38. The Kier molecular flexibility index (Phi) is 5.03. The van der Waals surface area contributed by atoms with E-state index in [0.717, 1.165) is 12.0 Å². The Morgan fingerprint density at radius 2 is 1.82 bits per heavy atom. The topological polar surface area (TPSA) is 37.6 Å². The number of nitrogens with zero attached hydrogens (tertiary/aromatic N) is 3. The molecule has 0 saturated carbocycles. The van der Waals surface area contributed by atoms with Crippen LogP contribution in [0.5, 0.6) is 0 Å². The summed E-state index contributed by atoms with van der Waals surface area (Å²) < 4.78 is 15.2. The van der Waals surface area contributed by atoms with E-state index in [1.54, 1.807) is 24.3 Å². The Balaban J connectivity index is 1.84. The number of amides is 1. The van der Waals surface area contributed by atoms with Crippen molar-refractivity contribution in [3.05, 3.63) is 88.3 Å². The number of imidazole rings is 1. The molecule has 0 radical (unpaired) electrons. The van der Waals surface area contributed by atoms with Crippen molar-refractivity contribution in [2.24, 2.45) is 0 Å². The zero-order valence-corrected chi connectivity index (χ0v) is 16.0. The highest BCUT2D eigenvalue weighted by atomic mass is 35.5. The Labute approximate surface area is 170 Å². The molecule has 2 aromatic carbocycles. The minimum Gasteiger partial charge on any atom is -0.294 e. The monoisotopic (exact) mass is 413 g/mol. The number of aromatic nitrogens is 2. The number of benzene rings is 2. The summed E-state index contributed by atoms with van der Waals surface area (Å²) in [7, 11) is 0. The molecule has 2 aromatic heterocycles. The van der Waals surface area contributed by atoms with Crippen LogP contribution >= 0.6 is 23.2 Å². The van der Waals surface area contributed by atoms with Crippen LogP contribution in [0.1, 0.15) is 5.56 Å². The third kappa shape index (κ3) is 3.46. The van der Waals surface area contributed by atoms with Gasteiger partial charge < -0.3 is 0 Å². The van der Waals surface area contributed by atoms with E-state index in [2.05, 4.69) is 4.98 Å². The van der Waals surface area contributed by atoms with Gasteiger partial charge in [-0.05, 0) is 54.1 Å². The summed E-state index contributed by atoms with van der Waals surface area (Å²) in [6.45, 7) is 0.275. The van der Waals surface area contributed by atoms with Crippen LogP contribution in [0.15, 0.2) is 66.9 Å². The molecule has 0 unspecified atom stereocenters. The second-order valence-electron chi connectivity index (χ2n) is 6.20. The van der Waals surface area contributed by atoms with E-state index >= 15 is 0 Å². The van der Waals surface area contributed by atoms with E-state index in [0.29, 0.717) is 32.8 Å². The molecule has 0 fully saturated rings. The Bertz CT molecular complexity index is 1160. The maximum Gasteiger partial charge on any atom is 0.215 e. The van der Waals surface area contributed by atoms with Gasteiger partial charge in [0.1, 0.15) is 23.0 Å². The highest BCUT2D eigenvalue weighted by Crippen LogP contribution is 2.32. The molecule has 0 aliphatic heterocycles. The normalized spacial score (nSPS) is 11.0. The Morgan fingerprint density at radius 3 is 2.54 bits per heavy atom. The molecule has 4 nitrogen and oxygen atoms in total. The number of anilines is 1. The first-order valence-corrected chi connectivity index (χ1v) is 9.21. The minimum absolute atomic E-state index is 0.275. The van der Waals surface area contributed by atoms with Gasteiger partial charge in [0.2, 0.25) is 6.41 Å². The lowest BCUT2D eigenvalue weighted by Crippen LogP contribution is -2.22. The van der Waals surface area contributed by atoms with Crippen molar-refractivity contribution < 1.29 is 9.18 Å². The van der Waals surface area contributed by atoms with Crippen LogP contribution in [0.4, 0.5) is 10.2 Å². The number of carbonyl (C=O) groups is 1. The molecule has 28 heavy (non-hydrogen) atoms. The molecule has 0 spiro atoms. The first-order valence-electron chi connectivity index (χ1n) is 8.45. The molecule has 0 bridgehead atoms. The first-order chi connectivity index (χ1) is 13.6. The van der Waals surface area contributed by atoms with Crippen molar-refractivity contribution in [1.82, 2.24) is 9.38 Å². The first kappa shape index (κ1) is 18.5. The number of rotatable bonds is 5. The Hall–Kier alpha value is -2.89. The number of halogens is 3. The van der Waals surface area contributed by atoms with Crippen molar-refractivity contribution in [3.63, 3.8) is 0 Å². The number of fused-ring (bicyclic) bond motifs is 1. The second-order valence-corrected chi connectivity index (χ2v) is 7.02. The lowest BCUT2D eigenvalue weighted by Gasteiger charge is -2.19. The molecule has 0 atom stereocenters. The molecule has 7 heteroatoms. The van der Waals surface area contributed by atoms with Gasteiger partial charge in [0, 0.05) is 11.8 Å². The maximum absolute atomic E-state index is 13.4. The van der Waals surface area contributed by atoms with E-state index in [-0.39, 0.29) is 12.4 Å². The third-order valence-electron chi connectivity index (χ3n) is 4.36. The van der Waals surface area contributed by atoms with Crippen LogP contribution in [0.25, 0.3) is 16.9 Å². The fraction of sp³-hybridized carbons (Fsp3) is 0.0476. The standard InChI is InChI=1S/C21H14Cl2FN3O/c22-17-9-4-14(11-18(17)23)12-26(13-28)21-20(15-5-7-16(24)8-6-15)25-19-3-1-2-10-27(19)21/h1-11,13H,12H2. The van der Waals surface area contributed by atoms with Gasteiger partial charge >= 0.3 is 0 Å². The van der Waals surface area contributed by atoms with Gasteiger partial charge in [-0.15, -0.1) is 0 Å². The molecule has 0 aliphatic rings. The second kappa shape index (κ2) is 7.62. The van der Waals surface area contributed by atoms with Crippen molar-refractivity contribution in [2.45, 2.75) is 6.54 Å². The predicted molar refractivity (Wildman–Crippen MR) is 109 cm³/mol. The van der Waals surface area contributed by atoms with Gasteiger partial charge in [-0.25, -0.2) is 9.37 Å². The van der Waals surface area contributed by atoms with Crippen LogP contribution in [0.3, 0.4) is 0 Å². The van der Waals surface area contributed by atoms with Crippen molar-refractivity contribution in [2.75, 3.05) is 4.90 Å². The van der Waals surface area contributed by atoms with E-state index in [9.17, 15) is 9.18 Å². The Morgan fingerprint density at radius 1 is 1.04 bits per heavy atom. The van der Waals surface area contributed by atoms with E-state index < -0.39 is 0 Å². The van der Waals surface area contributed by atoms with Gasteiger partial charge in [0.25, 0.3) is 0 Å². The van der Waals surface area contributed by atoms with Crippen LogP contribution in [-0.2, 0) is 11.3 Å². The zero-order valence-electron chi connectivity index (χ0n) is 14.5. The lowest BCUT2D eigenvalue weighted by atomic mass is 10.1. The van der Waals surface area contributed by atoms with Gasteiger partial charge in [0.05, 0.1) is 16.6 Å². The summed E-state index contributed by atoms with van der Waals surface area (Å²) in [5.74, 6) is 0.250. The molecule has 2 heterocycles. The molecule has 0 aliphatic carbocycles. The third-order valence-corrected chi connectivity index (χ3v) is 5.10. The van der Waals surface area contributed by atoms with Crippen molar-refractivity contribution in [1.29, 1.82) is 0 Å². The smallest absolute Gasteiger partial charge is 0.215 e. The summed E-state index contributed by atoms with van der Waals surface area (Å²) >= 11 is 12.1. The fourth-order valence-electron chi connectivity index (χ4n) is 3.06. The van der Waals surface area contributed by atoms with Crippen LogP contribution < -0.4 is 4.90 Å². The zero-order chi connectivity index (χ0) is 19.7. The molecular formula is C21H14Cl2FN3O. The minimum atomic E-state index is -0.336. The maximum atomic E-state index is 13.4. The molecule has 0 N–H and O–H groups in total. The van der Waals surface area contributed by atoms with Crippen molar-refractivity contribution >= 4 is 41.1 Å². The predicted octanol–water partition coefficient (Wildman–Crippen LogP) is 5.61. The lowest BCUT2D eigenvalue weighted by molar-refractivity contribution is -0.107. The largest absolute Gasteiger partial charge is 0.294 e. The number of carbonyl (C=O) groups excluding carboxylic acids is 1. The van der Waals surface area contributed by atoms with E-state index in [1.165, 1.54) is 17.0 Å². The van der Waals surface area contributed by atoms with Gasteiger partial charge in [-0.1, -0.05) is 35.3 Å². The average Bonchev–Trinajstić information content (AvgIpc) is 3.09. The average molecular weight is 414 g/mol. The molecule has 1 amide bonds. The SMILES string of the molecule is O=CN(Cc1ccc(Cl)c(Cl)c1)c1c(-c2ccc(F)cc2)nc2ccccn12. The summed E-state index contributed by atoms with van der Waals surface area (Å²) in [5.41, 5.74) is 2.79. The summed E-state index contributed by atoms with van der Waals surface area (Å²) in [4.78, 5) is 18.2. The number of hydrogen-bond acceptors (Lipinski definition) is 2. The molecule has 0 saturated heterocycles. The van der Waals surface area contributed by atoms with Crippen LogP contribution in [0.2, 0.25) is 10.0 Å². The number of pyridine rings is 1. The summed E-state index contributed by atoms with van der Waals surface area (Å²) in [6, 6.07) is 16.8. The van der Waals surface area contributed by atoms with Crippen LogP contribution in [0, 0.1) is 5.82 Å².